The topological polar surface area (TPSA) is 43.2 Å². The first-order valence-electron chi connectivity index (χ1n) is 5.90. The standard InChI is InChI=1S/C13H15N5/c1-10-8-16-18-12(10)14-9-15-13(18)17(2)11-6-4-3-5-7-11/h3-7,9,16H,8H2,1-2H3. The van der Waals surface area contributed by atoms with Gasteiger partial charge in [-0.2, -0.15) is 0 Å². The molecule has 5 nitrogen and oxygen atoms in total. The molecule has 0 saturated carbocycles. The fraction of sp³-hybridized carbons (Fsp3) is 0.231. The average molecular weight is 241 g/mol. The van der Waals surface area contributed by atoms with E-state index in [1.54, 1.807) is 6.34 Å². The first kappa shape index (κ1) is 11.0. The molecule has 0 saturated heterocycles. The maximum Gasteiger partial charge on any atom is 0.227 e. The van der Waals surface area contributed by atoms with Crippen LogP contribution < -0.4 is 10.3 Å². The van der Waals surface area contributed by atoms with Gasteiger partial charge in [-0.3, -0.25) is 0 Å². The van der Waals surface area contributed by atoms with E-state index in [2.05, 4.69) is 34.5 Å². The predicted molar refractivity (Wildman–Crippen MR) is 73.3 cm³/mol. The molecule has 1 aromatic carbocycles. The summed E-state index contributed by atoms with van der Waals surface area (Å²) in [6, 6.07) is 10.2. The lowest BCUT2D eigenvalue weighted by Crippen LogP contribution is -2.47. The molecule has 0 fully saturated rings. The maximum atomic E-state index is 4.36. The van der Waals surface area contributed by atoms with E-state index in [0.29, 0.717) is 0 Å². The van der Waals surface area contributed by atoms with Crippen LogP contribution in [0.1, 0.15) is 6.92 Å². The molecule has 3 rings (SSSR count). The van der Waals surface area contributed by atoms with Crippen LogP contribution in [0, 0.1) is 0 Å². The van der Waals surface area contributed by atoms with E-state index in [1.165, 1.54) is 5.57 Å². The molecule has 0 amide bonds. The van der Waals surface area contributed by atoms with Crippen molar-refractivity contribution in [2.24, 2.45) is 9.98 Å². The van der Waals surface area contributed by atoms with E-state index in [0.717, 1.165) is 24.0 Å². The van der Waals surface area contributed by atoms with Gasteiger partial charge in [-0.25, -0.2) is 20.4 Å². The number of nitrogens with zero attached hydrogens (tertiary/aromatic N) is 4. The lowest BCUT2D eigenvalue weighted by atomic mass is 10.3. The van der Waals surface area contributed by atoms with E-state index in [-0.39, 0.29) is 0 Å². The first-order valence-corrected chi connectivity index (χ1v) is 5.90. The summed E-state index contributed by atoms with van der Waals surface area (Å²) >= 11 is 0. The number of para-hydroxylation sites is 1. The molecule has 0 radical (unpaired) electrons. The minimum atomic E-state index is 0.814. The summed E-state index contributed by atoms with van der Waals surface area (Å²) in [6.07, 6.45) is 1.61. The third-order valence-electron chi connectivity index (χ3n) is 3.09. The van der Waals surface area contributed by atoms with E-state index in [9.17, 15) is 0 Å². The molecule has 2 aliphatic rings. The number of aliphatic imine (C=N–C) groups is 2. The van der Waals surface area contributed by atoms with Crippen molar-refractivity contribution in [2.75, 3.05) is 18.5 Å². The highest BCUT2D eigenvalue weighted by molar-refractivity contribution is 6.01. The third kappa shape index (κ3) is 1.69. The van der Waals surface area contributed by atoms with Gasteiger partial charge in [-0.05, 0) is 24.6 Å². The summed E-state index contributed by atoms with van der Waals surface area (Å²) in [4.78, 5) is 10.7. The second kappa shape index (κ2) is 4.27. The Balaban J connectivity index is 1.94. The van der Waals surface area contributed by atoms with E-state index in [1.807, 2.05) is 35.2 Å². The second-order valence-electron chi connectivity index (χ2n) is 4.34. The number of rotatable bonds is 1. The van der Waals surface area contributed by atoms with Crippen LogP contribution in [0.3, 0.4) is 0 Å². The SMILES string of the molecule is CC1=C2N=CN=C(N(C)c3ccccc3)N2NC1. The minimum absolute atomic E-state index is 0.814. The van der Waals surface area contributed by atoms with Gasteiger partial charge in [0.25, 0.3) is 0 Å². The summed E-state index contributed by atoms with van der Waals surface area (Å²) in [5.74, 6) is 1.78. The van der Waals surface area contributed by atoms with Gasteiger partial charge in [0.05, 0.1) is 0 Å². The number of benzene rings is 1. The van der Waals surface area contributed by atoms with Crippen molar-refractivity contribution in [2.45, 2.75) is 6.92 Å². The van der Waals surface area contributed by atoms with E-state index >= 15 is 0 Å². The fourth-order valence-corrected chi connectivity index (χ4v) is 2.07. The van der Waals surface area contributed by atoms with Crippen LogP contribution >= 0.6 is 0 Å². The molecule has 18 heavy (non-hydrogen) atoms. The number of guanidine groups is 1. The summed E-state index contributed by atoms with van der Waals surface area (Å²) in [5.41, 5.74) is 5.60. The molecule has 0 spiro atoms. The number of fused-ring (bicyclic) bond motifs is 1. The molecular formula is C13H15N5. The van der Waals surface area contributed by atoms with Crippen molar-refractivity contribution in [3.63, 3.8) is 0 Å². The Hall–Kier alpha value is -2.14. The normalized spacial score (nSPS) is 17.9. The zero-order chi connectivity index (χ0) is 12.5. The highest BCUT2D eigenvalue weighted by Gasteiger charge is 2.28. The van der Waals surface area contributed by atoms with Gasteiger partial charge in [0.2, 0.25) is 5.96 Å². The largest absolute Gasteiger partial charge is 0.314 e. The van der Waals surface area contributed by atoms with Gasteiger partial charge in [-0.15, -0.1) is 0 Å². The molecule has 0 aromatic heterocycles. The Morgan fingerprint density at radius 2 is 2.06 bits per heavy atom. The van der Waals surface area contributed by atoms with Crippen molar-refractivity contribution in [1.82, 2.24) is 10.4 Å². The monoisotopic (exact) mass is 241 g/mol. The Labute approximate surface area is 106 Å². The summed E-state index contributed by atoms with van der Waals surface area (Å²) in [7, 11) is 2.00. The van der Waals surface area contributed by atoms with Crippen LogP contribution in [0.25, 0.3) is 0 Å². The van der Waals surface area contributed by atoms with Gasteiger partial charge in [-0.1, -0.05) is 18.2 Å². The fourth-order valence-electron chi connectivity index (χ4n) is 2.07. The Morgan fingerprint density at radius 1 is 1.28 bits per heavy atom. The van der Waals surface area contributed by atoms with Gasteiger partial charge < -0.3 is 4.90 Å². The minimum Gasteiger partial charge on any atom is -0.314 e. The van der Waals surface area contributed by atoms with Gasteiger partial charge in [0, 0.05) is 19.3 Å². The van der Waals surface area contributed by atoms with Crippen LogP contribution in [0.15, 0.2) is 51.7 Å². The van der Waals surface area contributed by atoms with E-state index in [4.69, 9.17) is 0 Å². The first-order chi connectivity index (χ1) is 8.77. The van der Waals surface area contributed by atoms with Crippen molar-refractivity contribution in [3.8, 4) is 0 Å². The van der Waals surface area contributed by atoms with Crippen molar-refractivity contribution in [1.29, 1.82) is 0 Å². The van der Waals surface area contributed by atoms with Crippen LogP contribution in [0.2, 0.25) is 0 Å². The molecule has 2 aliphatic heterocycles. The highest BCUT2D eigenvalue weighted by atomic mass is 15.6. The zero-order valence-electron chi connectivity index (χ0n) is 10.5. The Bertz CT molecular complexity index is 544. The number of nitrogens with one attached hydrogen (secondary N) is 1. The van der Waals surface area contributed by atoms with Crippen LogP contribution in [0.5, 0.6) is 0 Å². The molecular weight excluding hydrogens is 226 g/mol. The molecule has 0 unspecified atom stereocenters. The number of hydrogen-bond donors (Lipinski definition) is 1. The molecule has 92 valence electrons. The smallest absolute Gasteiger partial charge is 0.227 e. The highest BCUT2D eigenvalue weighted by Crippen LogP contribution is 2.22. The molecule has 5 heteroatoms. The van der Waals surface area contributed by atoms with Crippen molar-refractivity contribution >= 4 is 18.0 Å². The van der Waals surface area contributed by atoms with Crippen LogP contribution in [-0.2, 0) is 0 Å². The van der Waals surface area contributed by atoms with Gasteiger partial charge in [0.15, 0.2) is 5.82 Å². The molecule has 1 N–H and O–H groups in total. The van der Waals surface area contributed by atoms with Gasteiger partial charge in [0.1, 0.15) is 6.34 Å². The lowest BCUT2D eigenvalue weighted by molar-refractivity contribution is 0.419. The quantitative estimate of drug-likeness (QED) is 0.811. The lowest BCUT2D eigenvalue weighted by Gasteiger charge is -2.30. The predicted octanol–water partition coefficient (Wildman–Crippen LogP) is 1.57. The third-order valence-corrected chi connectivity index (χ3v) is 3.09. The molecule has 0 aliphatic carbocycles. The van der Waals surface area contributed by atoms with Crippen LogP contribution in [0.4, 0.5) is 5.69 Å². The Kier molecular flexibility index (Phi) is 2.60. The zero-order valence-corrected chi connectivity index (χ0v) is 10.5. The van der Waals surface area contributed by atoms with Crippen LogP contribution in [-0.4, -0.2) is 30.9 Å². The number of hydrazine groups is 1. The summed E-state index contributed by atoms with van der Waals surface area (Å²) < 4.78 is 0. The molecule has 2 heterocycles. The van der Waals surface area contributed by atoms with Crippen molar-refractivity contribution < 1.29 is 0 Å². The molecule has 0 bridgehead atoms. The second-order valence-corrected chi connectivity index (χ2v) is 4.34. The summed E-state index contributed by atoms with van der Waals surface area (Å²) in [5, 5.41) is 1.93. The van der Waals surface area contributed by atoms with Crippen molar-refractivity contribution in [3.05, 3.63) is 41.7 Å². The maximum absolute atomic E-state index is 4.36. The number of anilines is 1. The average Bonchev–Trinajstić information content (AvgIpc) is 2.81. The van der Waals surface area contributed by atoms with Gasteiger partial charge >= 0.3 is 0 Å². The molecule has 1 aromatic rings. The molecule has 0 atom stereocenters. The number of hydrogen-bond acceptors (Lipinski definition) is 5. The summed E-state index contributed by atoms with van der Waals surface area (Å²) in [6.45, 7) is 2.89. The van der Waals surface area contributed by atoms with E-state index < -0.39 is 0 Å². The Morgan fingerprint density at radius 3 is 2.83 bits per heavy atom.